The largest absolute Gasteiger partial charge is 0.496 e. The van der Waals surface area contributed by atoms with E-state index in [1.54, 1.807) is 14.0 Å². The first-order valence-electron chi connectivity index (χ1n) is 6.13. The van der Waals surface area contributed by atoms with Crippen molar-refractivity contribution in [1.82, 2.24) is 4.57 Å². The van der Waals surface area contributed by atoms with Crippen molar-refractivity contribution >= 4 is 16.9 Å². The highest BCUT2D eigenvalue weighted by Gasteiger charge is 2.19. The number of methoxy groups -OCH3 is 1. The van der Waals surface area contributed by atoms with Gasteiger partial charge in [0.2, 0.25) is 0 Å². The zero-order valence-electron chi connectivity index (χ0n) is 11.0. The molecule has 0 aliphatic heterocycles. The number of benzene rings is 1. The second-order valence-electron chi connectivity index (χ2n) is 4.14. The van der Waals surface area contributed by atoms with Crippen molar-refractivity contribution < 1.29 is 19.4 Å². The summed E-state index contributed by atoms with van der Waals surface area (Å²) < 4.78 is 12.4. The first kappa shape index (κ1) is 13.4. The third-order valence-corrected chi connectivity index (χ3v) is 3.00. The Labute approximate surface area is 111 Å². The third kappa shape index (κ3) is 2.71. The van der Waals surface area contributed by atoms with Crippen LogP contribution in [-0.4, -0.2) is 35.5 Å². The van der Waals surface area contributed by atoms with E-state index in [9.17, 15) is 4.79 Å². The molecule has 2 rings (SSSR count). The van der Waals surface area contributed by atoms with E-state index in [0.717, 1.165) is 16.7 Å². The van der Waals surface area contributed by atoms with Crippen LogP contribution in [0.2, 0.25) is 0 Å². The molecular formula is C14H17NO4. The lowest BCUT2D eigenvalue weighted by Crippen LogP contribution is -2.28. The van der Waals surface area contributed by atoms with Crippen LogP contribution in [0, 0.1) is 0 Å². The van der Waals surface area contributed by atoms with Crippen LogP contribution in [0.5, 0.6) is 5.75 Å². The van der Waals surface area contributed by atoms with Gasteiger partial charge < -0.3 is 19.1 Å². The maximum absolute atomic E-state index is 11.1. The van der Waals surface area contributed by atoms with E-state index < -0.39 is 12.1 Å². The van der Waals surface area contributed by atoms with Gasteiger partial charge in [-0.3, -0.25) is 0 Å². The Hall–Kier alpha value is -2.01. The van der Waals surface area contributed by atoms with Gasteiger partial charge in [0, 0.05) is 18.2 Å². The van der Waals surface area contributed by atoms with Crippen molar-refractivity contribution in [2.75, 3.05) is 13.7 Å². The molecule has 1 N–H and O–H groups in total. The smallest absolute Gasteiger partial charge is 0.334 e. The maximum atomic E-state index is 11.1. The fourth-order valence-corrected chi connectivity index (χ4v) is 2.11. The normalized spacial score (nSPS) is 12.5. The lowest BCUT2D eigenvalue weighted by molar-refractivity contribution is -0.150. The van der Waals surface area contributed by atoms with Crippen molar-refractivity contribution in [2.24, 2.45) is 0 Å². The van der Waals surface area contributed by atoms with Crippen LogP contribution in [0.1, 0.15) is 6.92 Å². The van der Waals surface area contributed by atoms with Gasteiger partial charge >= 0.3 is 5.97 Å². The van der Waals surface area contributed by atoms with E-state index in [1.165, 1.54) is 0 Å². The van der Waals surface area contributed by atoms with Gasteiger partial charge in [-0.2, -0.15) is 0 Å². The molecule has 2 aromatic rings. The van der Waals surface area contributed by atoms with Gasteiger partial charge in [0.25, 0.3) is 0 Å². The lowest BCUT2D eigenvalue weighted by atomic mass is 10.2. The fraction of sp³-hybridized carbons (Fsp3) is 0.357. The molecule has 1 heterocycles. The summed E-state index contributed by atoms with van der Waals surface area (Å²) in [6.07, 6.45) is 1.01. The molecule has 0 amide bonds. The Morgan fingerprint density at radius 1 is 1.42 bits per heavy atom. The van der Waals surface area contributed by atoms with Crippen molar-refractivity contribution in [3.63, 3.8) is 0 Å². The van der Waals surface area contributed by atoms with Crippen LogP contribution >= 0.6 is 0 Å². The van der Waals surface area contributed by atoms with Gasteiger partial charge in [-0.25, -0.2) is 4.79 Å². The van der Waals surface area contributed by atoms with Crippen LogP contribution in [-0.2, 0) is 16.1 Å². The summed E-state index contributed by atoms with van der Waals surface area (Å²) in [5.41, 5.74) is 0.935. The monoisotopic (exact) mass is 263 g/mol. The second kappa shape index (κ2) is 5.75. The number of hydrogen-bond acceptors (Lipinski definition) is 3. The van der Waals surface area contributed by atoms with Crippen LogP contribution < -0.4 is 4.74 Å². The molecule has 0 radical (unpaired) electrons. The van der Waals surface area contributed by atoms with Crippen LogP contribution in [0.25, 0.3) is 10.9 Å². The summed E-state index contributed by atoms with van der Waals surface area (Å²) in [4.78, 5) is 11.1. The van der Waals surface area contributed by atoms with Crippen molar-refractivity contribution in [3.8, 4) is 5.75 Å². The zero-order chi connectivity index (χ0) is 13.8. The third-order valence-electron chi connectivity index (χ3n) is 3.00. The first-order valence-corrected chi connectivity index (χ1v) is 6.13. The number of nitrogens with zero attached hydrogens (tertiary/aromatic N) is 1. The summed E-state index contributed by atoms with van der Waals surface area (Å²) in [5, 5.41) is 10.1. The molecule has 1 aromatic carbocycles. The number of rotatable bonds is 6. The maximum Gasteiger partial charge on any atom is 0.334 e. The van der Waals surface area contributed by atoms with E-state index in [0.29, 0.717) is 6.61 Å². The topological polar surface area (TPSA) is 60.7 Å². The first-order chi connectivity index (χ1) is 9.17. The van der Waals surface area contributed by atoms with E-state index in [-0.39, 0.29) is 6.54 Å². The number of ether oxygens (including phenoxy) is 2. The highest BCUT2D eigenvalue weighted by Crippen LogP contribution is 2.26. The molecular weight excluding hydrogens is 246 g/mol. The van der Waals surface area contributed by atoms with Gasteiger partial charge in [0.05, 0.1) is 19.2 Å². The molecule has 1 aromatic heterocycles. The molecule has 5 heteroatoms. The van der Waals surface area contributed by atoms with Gasteiger partial charge in [0.1, 0.15) is 5.75 Å². The molecule has 19 heavy (non-hydrogen) atoms. The lowest BCUT2D eigenvalue weighted by Gasteiger charge is -2.14. The van der Waals surface area contributed by atoms with E-state index in [2.05, 4.69) is 0 Å². The zero-order valence-corrected chi connectivity index (χ0v) is 11.0. The fourth-order valence-electron chi connectivity index (χ4n) is 2.11. The number of aliphatic carboxylic acids is 1. The predicted molar refractivity (Wildman–Crippen MR) is 71.5 cm³/mol. The molecule has 5 nitrogen and oxygen atoms in total. The van der Waals surface area contributed by atoms with Gasteiger partial charge in [-0.1, -0.05) is 6.07 Å². The Morgan fingerprint density at radius 3 is 2.84 bits per heavy atom. The molecule has 0 aliphatic carbocycles. The molecule has 102 valence electrons. The molecule has 0 fully saturated rings. The molecule has 0 aliphatic rings. The minimum absolute atomic E-state index is 0.278. The summed E-state index contributed by atoms with van der Waals surface area (Å²) in [5.74, 6) is -0.175. The summed E-state index contributed by atoms with van der Waals surface area (Å²) >= 11 is 0. The highest BCUT2D eigenvalue weighted by atomic mass is 16.5. The standard InChI is InChI=1S/C14H17NO4/c1-3-19-13(14(16)17)9-15-8-7-10-11(15)5-4-6-12(10)18-2/h4-8,13H,3,9H2,1-2H3,(H,16,17). The second-order valence-corrected chi connectivity index (χ2v) is 4.14. The Kier molecular flexibility index (Phi) is 4.06. The predicted octanol–water partition coefficient (Wildman–Crippen LogP) is 2.14. The van der Waals surface area contributed by atoms with Gasteiger partial charge in [0.15, 0.2) is 6.10 Å². The van der Waals surface area contributed by atoms with E-state index in [1.807, 2.05) is 35.0 Å². The molecule has 0 saturated heterocycles. The summed E-state index contributed by atoms with van der Waals surface area (Å²) in [6.45, 7) is 2.44. The summed E-state index contributed by atoms with van der Waals surface area (Å²) in [6, 6.07) is 7.61. The Morgan fingerprint density at radius 2 is 2.21 bits per heavy atom. The Balaban J connectivity index is 2.33. The molecule has 0 spiro atoms. The molecule has 1 atom stereocenters. The van der Waals surface area contributed by atoms with E-state index in [4.69, 9.17) is 14.6 Å². The average molecular weight is 263 g/mol. The molecule has 0 bridgehead atoms. The minimum Gasteiger partial charge on any atom is -0.496 e. The number of carboxylic acids is 1. The molecule has 0 saturated carbocycles. The van der Waals surface area contributed by atoms with Crippen LogP contribution in [0.4, 0.5) is 0 Å². The number of carboxylic acid groups (broad SMARTS) is 1. The molecule has 1 unspecified atom stereocenters. The van der Waals surface area contributed by atoms with Crippen LogP contribution in [0.3, 0.4) is 0 Å². The summed E-state index contributed by atoms with van der Waals surface area (Å²) in [7, 11) is 1.62. The number of aromatic nitrogens is 1. The van der Waals surface area contributed by atoms with Crippen LogP contribution in [0.15, 0.2) is 30.5 Å². The quantitative estimate of drug-likeness (QED) is 0.867. The number of fused-ring (bicyclic) bond motifs is 1. The highest BCUT2D eigenvalue weighted by molar-refractivity contribution is 5.86. The minimum atomic E-state index is -0.952. The average Bonchev–Trinajstić information content (AvgIpc) is 2.81. The van der Waals surface area contributed by atoms with E-state index >= 15 is 0 Å². The van der Waals surface area contributed by atoms with Crippen molar-refractivity contribution in [2.45, 2.75) is 19.6 Å². The van der Waals surface area contributed by atoms with Gasteiger partial charge in [-0.15, -0.1) is 0 Å². The Bertz CT molecular complexity index is 576. The number of carbonyl (C=O) groups is 1. The van der Waals surface area contributed by atoms with Crippen molar-refractivity contribution in [1.29, 1.82) is 0 Å². The van der Waals surface area contributed by atoms with Gasteiger partial charge in [-0.05, 0) is 25.1 Å². The van der Waals surface area contributed by atoms with Crippen molar-refractivity contribution in [3.05, 3.63) is 30.5 Å². The number of hydrogen-bond donors (Lipinski definition) is 1. The SMILES string of the molecule is CCOC(Cn1ccc2c(OC)cccc21)C(=O)O.